The molecular formula is C13H21N3S. The van der Waals surface area contributed by atoms with E-state index < -0.39 is 0 Å². The SMILES string of the molecule is CSCCN1CCN(c2cccc(N)c2)CC1. The molecule has 0 unspecified atom stereocenters. The summed E-state index contributed by atoms with van der Waals surface area (Å²) in [5.74, 6) is 1.23. The highest BCUT2D eigenvalue weighted by Crippen LogP contribution is 2.19. The van der Waals surface area contributed by atoms with Gasteiger partial charge in [-0.2, -0.15) is 11.8 Å². The molecule has 0 radical (unpaired) electrons. The molecule has 1 heterocycles. The van der Waals surface area contributed by atoms with Crippen molar-refractivity contribution in [1.82, 2.24) is 4.90 Å². The number of benzene rings is 1. The number of nitrogen functional groups attached to an aromatic ring is 1. The van der Waals surface area contributed by atoms with Crippen molar-refractivity contribution in [2.75, 3.05) is 55.4 Å². The van der Waals surface area contributed by atoms with E-state index in [2.05, 4.69) is 28.2 Å². The average Bonchev–Trinajstić information content (AvgIpc) is 2.37. The van der Waals surface area contributed by atoms with Crippen molar-refractivity contribution in [2.45, 2.75) is 0 Å². The Morgan fingerprint density at radius 2 is 2.00 bits per heavy atom. The second kappa shape index (κ2) is 6.17. The van der Waals surface area contributed by atoms with E-state index in [4.69, 9.17) is 5.73 Å². The van der Waals surface area contributed by atoms with Crippen LogP contribution < -0.4 is 10.6 Å². The van der Waals surface area contributed by atoms with Crippen LogP contribution in [0.2, 0.25) is 0 Å². The van der Waals surface area contributed by atoms with Gasteiger partial charge in [-0.15, -0.1) is 0 Å². The van der Waals surface area contributed by atoms with E-state index in [-0.39, 0.29) is 0 Å². The molecule has 17 heavy (non-hydrogen) atoms. The average molecular weight is 251 g/mol. The molecule has 1 saturated heterocycles. The molecule has 1 aliphatic heterocycles. The molecule has 0 saturated carbocycles. The quantitative estimate of drug-likeness (QED) is 0.827. The largest absolute Gasteiger partial charge is 0.399 e. The minimum absolute atomic E-state index is 0.854. The number of hydrogen-bond donors (Lipinski definition) is 1. The second-order valence-electron chi connectivity index (χ2n) is 4.42. The van der Waals surface area contributed by atoms with Crippen LogP contribution in [0.25, 0.3) is 0 Å². The number of piperazine rings is 1. The standard InChI is InChI=1S/C13H21N3S/c1-17-10-9-15-5-7-16(8-6-15)13-4-2-3-12(14)11-13/h2-4,11H,5-10,14H2,1H3. The molecule has 2 rings (SSSR count). The van der Waals surface area contributed by atoms with Crippen LogP contribution in [-0.2, 0) is 0 Å². The first-order valence-electron chi connectivity index (χ1n) is 6.11. The molecule has 4 heteroatoms. The van der Waals surface area contributed by atoms with Gasteiger partial charge in [0.25, 0.3) is 0 Å². The summed E-state index contributed by atoms with van der Waals surface area (Å²) in [7, 11) is 0. The van der Waals surface area contributed by atoms with Gasteiger partial charge in [-0.25, -0.2) is 0 Å². The highest BCUT2D eigenvalue weighted by atomic mass is 32.2. The van der Waals surface area contributed by atoms with Crippen molar-refractivity contribution < 1.29 is 0 Å². The zero-order valence-electron chi connectivity index (χ0n) is 10.4. The van der Waals surface area contributed by atoms with Crippen LogP contribution >= 0.6 is 11.8 Å². The molecule has 1 aliphatic rings. The smallest absolute Gasteiger partial charge is 0.0387 e. The van der Waals surface area contributed by atoms with Crippen LogP contribution in [0.4, 0.5) is 11.4 Å². The van der Waals surface area contributed by atoms with E-state index in [1.807, 2.05) is 23.9 Å². The normalized spacial score (nSPS) is 17.4. The van der Waals surface area contributed by atoms with Gasteiger partial charge in [-0.05, 0) is 24.5 Å². The Bertz CT molecular complexity index is 348. The van der Waals surface area contributed by atoms with Crippen molar-refractivity contribution in [3.63, 3.8) is 0 Å². The lowest BCUT2D eigenvalue weighted by atomic mass is 10.2. The summed E-state index contributed by atoms with van der Waals surface area (Å²) in [6, 6.07) is 8.19. The number of rotatable bonds is 4. The van der Waals surface area contributed by atoms with Crippen LogP contribution in [-0.4, -0.2) is 49.6 Å². The summed E-state index contributed by atoms with van der Waals surface area (Å²) in [4.78, 5) is 4.96. The molecule has 0 spiro atoms. The van der Waals surface area contributed by atoms with Gasteiger partial charge < -0.3 is 10.6 Å². The third-order valence-electron chi connectivity index (χ3n) is 3.22. The predicted octanol–water partition coefficient (Wildman–Crippen LogP) is 1.75. The van der Waals surface area contributed by atoms with Crippen molar-refractivity contribution >= 4 is 23.1 Å². The van der Waals surface area contributed by atoms with Crippen LogP contribution in [0.1, 0.15) is 0 Å². The van der Waals surface area contributed by atoms with Crippen LogP contribution in [0.15, 0.2) is 24.3 Å². The van der Waals surface area contributed by atoms with Crippen molar-refractivity contribution in [1.29, 1.82) is 0 Å². The molecule has 2 N–H and O–H groups in total. The number of hydrogen-bond acceptors (Lipinski definition) is 4. The summed E-state index contributed by atoms with van der Waals surface area (Å²) < 4.78 is 0. The number of nitrogens with two attached hydrogens (primary N) is 1. The molecule has 1 fully saturated rings. The van der Waals surface area contributed by atoms with Crippen LogP contribution in [0, 0.1) is 0 Å². The first-order chi connectivity index (χ1) is 8.29. The summed E-state index contributed by atoms with van der Waals surface area (Å²) in [5.41, 5.74) is 7.93. The molecule has 0 aliphatic carbocycles. The zero-order chi connectivity index (χ0) is 12.1. The van der Waals surface area contributed by atoms with E-state index in [0.29, 0.717) is 0 Å². The zero-order valence-corrected chi connectivity index (χ0v) is 11.2. The van der Waals surface area contributed by atoms with Gasteiger partial charge in [-0.3, -0.25) is 4.90 Å². The van der Waals surface area contributed by atoms with E-state index in [0.717, 1.165) is 31.9 Å². The maximum absolute atomic E-state index is 5.82. The maximum Gasteiger partial charge on any atom is 0.0387 e. The topological polar surface area (TPSA) is 32.5 Å². The molecule has 0 bridgehead atoms. The highest BCUT2D eigenvalue weighted by Gasteiger charge is 2.16. The lowest BCUT2D eigenvalue weighted by Gasteiger charge is -2.36. The van der Waals surface area contributed by atoms with E-state index in [1.165, 1.54) is 18.0 Å². The third-order valence-corrected chi connectivity index (χ3v) is 3.81. The van der Waals surface area contributed by atoms with Gasteiger partial charge in [0.2, 0.25) is 0 Å². The summed E-state index contributed by atoms with van der Waals surface area (Å²) >= 11 is 1.92. The molecule has 1 aromatic rings. The van der Waals surface area contributed by atoms with Crippen molar-refractivity contribution in [2.24, 2.45) is 0 Å². The molecule has 1 aromatic carbocycles. The Labute approximate surface area is 108 Å². The Hall–Kier alpha value is -0.870. The minimum atomic E-state index is 0.854. The summed E-state index contributed by atoms with van der Waals surface area (Å²) in [6.07, 6.45) is 2.17. The highest BCUT2D eigenvalue weighted by molar-refractivity contribution is 7.98. The van der Waals surface area contributed by atoms with Gasteiger partial charge in [0.05, 0.1) is 0 Å². The lowest BCUT2D eigenvalue weighted by molar-refractivity contribution is 0.273. The fraction of sp³-hybridized carbons (Fsp3) is 0.538. The van der Waals surface area contributed by atoms with E-state index in [9.17, 15) is 0 Å². The summed E-state index contributed by atoms with van der Waals surface area (Å²) in [5, 5.41) is 0. The van der Waals surface area contributed by atoms with Gasteiger partial charge >= 0.3 is 0 Å². The molecule has 0 atom stereocenters. The molecule has 94 valence electrons. The Morgan fingerprint density at radius 3 is 2.65 bits per heavy atom. The van der Waals surface area contributed by atoms with Gasteiger partial charge in [0, 0.05) is 49.9 Å². The Balaban J connectivity index is 1.86. The second-order valence-corrected chi connectivity index (χ2v) is 5.40. The number of thioether (sulfide) groups is 1. The maximum atomic E-state index is 5.82. The fourth-order valence-electron chi connectivity index (χ4n) is 2.17. The van der Waals surface area contributed by atoms with Crippen LogP contribution in [0.3, 0.4) is 0 Å². The van der Waals surface area contributed by atoms with Gasteiger partial charge in [-0.1, -0.05) is 6.07 Å². The third kappa shape index (κ3) is 3.54. The van der Waals surface area contributed by atoms with Crippen molar-refractivity contribution in [3.05, 3.63) is 24.3 Å². The number of anilines is 2. The Kier molecular flexibility index (Phi) is 4.57. The first-order valence-corrected chi connectivity index (χ1v) is 7.51. The van der Waals surface area contributed by atoms with Crippen LogP contribution in [0.5, 0.6) is 0 Å². The monoisotopic (exact) mass is 251 g/mol. The summed E-state index contributed by atoms with van der Waals surface area (Å²) in [6.45, 7) is 5.76. The Morgan fingerprint density at radius 1 is 1.24 bits per heavy atom. The molecule has 0 amide bonds. The predicted molar refractivity (Wildman–Crippen MR) is 77.9 cm³/mol. The molecule has 0 aromatic heterocycles. The van der Waals surface area contributed by atoms with Crippen molar-refractivity contribution in [3.8, 4) is 0 Å². The van der Waals surface area contributed by atoms with Gasteiger partial charge in [0.1, 0.15) is 0 Å². The first kappa shape index (κ1) is 12.6. The fourth-order valence-corrected chi connectivity index (χ4v) is 2.61. The molecular weight excluding hydrogens is 230 g/mol. The van der Waals surface area contributed by atoms with E-state index in [1.54, 1.807) is 0 Å². The lowest BCUT2D eigenvalue weighted by Crippen LogP contribution is -2.47. The minimum Gasteiger partial charge on any atom is -0.399 e. The van der Waals surface area contributed by atoms with Gasteiger partial charge in [0.15, 0.2) is 0 Å². The number of nitrogens with zero attached hydrogens (tertiary/aromatic N) is 2. The molecule has 3 nitrogen and oxygen atoms in total. The van der Waals surface area contributed by atoms with E-state index >= 15 is 0 Å².